The summed E-state index contributed by atoms with van der Waals surface area (Å²) in [6.07, 6.45) is 5.09. The highest BCUT2D eigenvalue weighted by atomic mass is 31.2. The van der Waals surface area contributed by atoms with Crippen LogP contribution in [0.3, 0.4) is 0 Å². The predicted molar refractivity (Wildman–Crippen MR) is 163 cm³/mol. The Bertz CT molecular complexity index is 1230. The van der Waals surface area contributed by atoms with Crippen LogP contribution in [0.15, 0.2) is 12.7 Å². The van der Waals surface area contributed by atoms with Gasteiger partial charge in [-0.2, -0.15) is 0 Å². The molecule has 238 valence electrons. The molecule has 0 aliphatic heterocycles. The van der Waals surface area contributed by atoms with Crippen LogP contribution in [0.4, 0.5) is 5.82 Å². The molecule has 0 bridgehead atoms. The molecule has 42 heavy (non-hydrogen) atoms. The lowest BCUT2D eigenvalue weighted by atomic mass is 10.0. The third-order valence-electron chi connectivity index (χ3n) is 6.50. The van der Waals surface area contributed by atoms with Gasteiger partial charge in [0.25, 0.3) is 0 Å². The molecule has 0 saturated carbocycles. The molecule has 14 heteroatoms. The fraction of sp³-hybridized carbons (Fsp3) is 0.750. The first-order valence-corrected chi connectivity index (χ1v) is 16.5. The number of fused-ring (bicyclic) bond motifs is 1. The van der Waals surface area contributed by atoms with Crippen molar-refractivity contribution in [3.63, 3.8) is 0 Å². The van der Waals surface area contributed by atoms with Gasteiger partial charge in [0.15, 0.2) is 11.5 Å². The van der Waals surface area contributed by atoms with Gasteiger partial charge in [0, 0.05) is 6.04 Å². The molecule has 4 N–H and O–H groups in total. The normalized spacial score (nSPS) is 14.7. The molecule has 0 radical (unpaired) electrons. The predicted octanol–water partition coefficient (Wildman–Crippen LogP) is 4.41. The van der Waals surface area contributed by atoms with Crippen molar-refractivity contribution in [2.45, 2.75) is 118 Å². The van der Waals surface area contributed by atoms with E-state index in [2.05, 4.69) is 32.1 Å². The molecular weight excluding hydrogens is 561 g/mol. The lowest BCUT2D eigenvalue weighted by molar-refractivity contribution is -0.150. The maximum Gasteiger partial charge on any atom is 0.326 e. The highest BCUT2D eigenvalue weighted by Gasteiger charge is 2.40. The highest BCUT2D eigenvalue weighted by molar-refractivity contribution is 7.59. The SMILES string of the molecule is CCCCCOC(=O)C(C)(C)N[P@](=O)(COC(C)(C)Cn1cnc2c(N)ncnc21)N[C@@H](CC(=O)OC(C)C)C(C)C. The number of ether oxygens (including phenoxy) is 3. The van der Waals surface area contributed by atoms with Crippen LogP contribution in [0.1, 0.15) is 88.0 Å². The largest absolute Gasteiger partial charge is 0.464 e. The monoisotopic (exact) mass is 611 g/mol. The average molecular weight is 612 g/mol. The number of imidazole rings is 1. The molecular formula is C28H50N7O6P. The molecule has 0 unspecified atom stereocenters. The number of nitrogens with two attached hydrogens (primary N) is 1. The van der Waals surface area contributed by atoms with Crippen molar-refractivity contribution in [2.75, 3.05) is 18.7 Å². The van der Waals surface area contributed by atoms with E-state index in [0.29, 0.717) is 17.7 Å². The van der Waals surface area contributed by atoms with E-state index in [-0.39, 0.29) is 37.2 Å². The van der Waals surface area contributed by atoms with Crippen molar-refractivity contribution in [3.8, 4) is 0 Å². The van der Waals surface area contributed by atoms with Gasteiger partial charge in [-0.1, -0.05) is 33.6 Å². The molecule has 0 aliphatic carbocycles. The number of carbonyl (C=O) groups is 2. The van der Waals surface area contributed by atoms with Crippen LogP contribution in [0.2, 0.25) is 0 Å². The van der Waals surface area contributed by atoms with E-state index < -0.39 is 36.6 Å². The standard InChI is InChI=1S/C28H50N7O6P/c1-10-11-12-13-39-26(37)28(8,9)34-42(38,33-21(19(2)3)14-22(36)41-20(4)5)18-40-27(6,7)15-35-17-32-23-24(29)30-16-31-25(23)35/h16-17,19-21H,10-15,18H2,1-9H3,(H2,29,30,31)(H2,33,34,38)/t21-,42-/m0/s1. The van der Waals surface area contributed by atoms with Gasteiger partial charge in [-0.3, -0.25) is 14.2 Å². The fourth-order valence-electron chi connectivity index (χ4n) is 4.22. The van der Waals surface area contributed by atoms with Crippen LogP contribution in [-0.2, 0) is 34.9 Å². The van der Waals surface area contributed by atoms with E-state index in [0.717, 1.165) is 19.3 Å². The summed E-state index contributed by atoms with van der Waals surface area (Å²) in [6.45, 7) is 17.0. The Balaban J connectivity index is 2.28. The van der Waals surface area contributed by atoms with E-state index in [4.69, 9.17) is 19.9 Å². The Morgan fingerprint density at radius 3 is 2.40 bits per heavy atom. The van der Waals surface area contributed by atoms with E-state index in [1.54, 1.807) is 38.6 Å². The summed E-state index contributed by atoms with van der Waals surface area (Å²) in [5, 5.41) is 6.16. The molecule has 2 aromatic heterocycles. The van der Waals surface area contributed by atoms with Crippen LogP contribution in [0, 0.1) is 5.92 Å². The lowest BCUT2D eigenvalue weighted by Crippen LogP contribution is -2.51. The van der Waals surface area contributed by atoms with Gasteiger partial charge in [0.1, 0.15) is 23.7 Å². The van der Waals surface area contributed by atoms with Crippen molar-refractivity contribution in [1.29, 1.82) is 0 Å². The number of anilines is 1. The Kier molecular flexibility index (Phi) is 12.9. The van der Waals surface area contributed by atoms with Gasteiger partial charge < -0.3 is 24.5 Å². The molecule has 13 nitrogen and oxygen atoms in total. The number of rotatable bonds is 18. The van der Waals surface area contributed by atoms with Crippen molar-refractivity contribution in [1.82, 2.24) is 29.7 Å². The molecule has 0 aliphatic rings. The average Bonchev–Trinajstić information content (AvgIpc) is 3.27. The zero-order valence-corrected chi connectivity index (χ0v) is 27.5. The number of unbranched alkanes of at least 4 members (excludes halogenated alkanes) is 2. The summed E-state index contributed by atoms with van der Waals surface area (Å²) < 4.78 is 33.4. The number of nitrogen functional groups attached to an aromatic ring is 1. The minimum absolute atomic E-state index is 0.00500. The molecule has 2 aromatic rings. The summed E-state index contributed by atoms with van der Waals surface area (Å²) in [5.41, 5.74) is 4.80. The number of aromatic nitrogens is 4. The Morgan fingerprint density at radius 2 is 1.79 bits per heavy atom. The second kappa shape index (κ2) is 15.2. The Labute approximate surface area is 249 Å². The van der Waals surface area contributed by atoms with Crippen LogP contribution in [0.25, 0.3) is 11.2 Å². The number of hydrogen-bond donors (Lipinski definition) is 3. The van der Waals surface area contributed by atoms with E-state index in [1.807, 2.05) is 27.7 Å². The number of carbonyl (C=O) groups excluding carboxylic acids is 2. The first kappa shape index (κ1) is 35.6. The van der Waals surface area contributed by atoms with Gasteiger partial charge in [-0.15, -0.1) is 0 Å². The second-order valence-corrected chi connectivity index (χ2v) is 14.6. The van der Waals surface area contributed by atoms with E-state index >= 15 is 0 Å². The summed E-state index contributed by atoms with van der Waals surface area (Å²) in [7, 11) is -3.68. The number of esters is 2. The van der Waals surface area contributed by atoms with Gasteiger partial charge in [0.05, 0.1) is 37.6 Å². The van der Waals surface area contributed by atoms with Crippen LogP contribution < -0.4 is 15.9 Å². The summed E-state index contributed by atoms with van der Waals surface area (Å²) >= 11 is 0. The van der Waals surface area contributed by atoms with Gasteiger partial charge >= 0.3 is 11.9 Å². The molecule has 0 fully saturated rings. The summed E-state index contributed by atoms with van der Waals surface area (Å²) in [4.78, 5) is 38.1. The minimum atomic E-state index is -3.68. The molecule has 0 amide bonds. The third kappa shape index (κ3) is 10.9. The van der Waals surface area contributed by atoms with E-state index in [9.17, 15) is 14.2 Å². The van der Waals surface area contributed by atoms with Crippen LogP contribution >= 0.6 is 7.44 Å². The van der Waals surface area contributed by atoms with Crippen molar-refractivity contribution in [2.24, 2.45) is 5.92 Å². The lowest BCUT2D eigenvalue weighted by Gasteiger charge is -2.36. The van der Waals surface area contributed by atoms with Gasteiger partial charge in [-0.05, 0) is 53.9 Å². The molecule has 0 aromatic carbocycles. The Hall–Kier alpha value is -2.60. The Morgan fingerprint density at radius 1 is 1.10 bits per heavy atom. The molecule has 2 atom stereocenters. The zero-order chi connectivity index (χ0) is 31.7. The topological polar surface area (TPSA) is 173 Å². The molecule has 0 saturated heterocycles. The maximum absolute atomic E-state index is 14.6. The van der Waals surface area contributed by atoms with Crippen molar-refractivity contribution >= 4 is 36.4 Å². The quantitative estimate of drug-likeness (QED) is 0.123. The molecule has 2 rings (SSSR count). The van der Waals surface area contributed by atoms with E-state index in [1.165, 1.54) is 6.33 Å². The molecule has 0 spiro atoms. The number of hydrogen-bond acceptors (Lipinski definition) is 10. The first-order chi connectivity index (χ1) is 19.5. The summed E-state index contributed by atoms with van der Waals surface area (Å²) in [6, 6.07) is -0.519. The van der Waals surface area contributed by atoms with Crippen LogP contribution in [-0.4, -0.2) is 67.7 Å². The fourth-order valence-corrected chi connectivity index (χ4v) is 6.88. The smallest absolute Gasteiger partial charge is 0.326 e. The number of nitrogens with one attached hydrogen (secondary N) is 2. The van der Waals surface area contributed by atoms with Gasteiger partial charge in [0.2, 0.25) is 7.44 Å². The highest BCUT2D eigenvalue weighted by Crippen LogP contribution is 2.42. The first-order valence-electron chi connectivity index (χ1n) is 14.6. The van der Waals surface area contributed by atoms with Crippen molar-refractivity contribution < 1.29 is 28.4 Å². The number of nitrogens with zero attached hydrogens (tertiary/aromatic N) is 4. The minimum Gasteiger partial charge on any atom is -0.464 e. The second-order valence-electron chi connectivity index (χ2n) is 12.4. The third-order valence-corrected chi connectivity index (χ3v) is 8.66. The summed E-state index contributed by atoms with van der Waals surface area (Å²) in [5.74, 6) is -0.747. The maximum atomic E-state index is 14.6. The molecule has 2 heterocycles. The van der Waals surface area contributed by atoms with Crippen molar-refractivity contribution in [3.05, 3.63) is 12.7 Å². The zero-order valence-electron chi connectivity index (χ0n) is 26.6. The van der Waals surface area contributed by atoms with Gasteiger partial charge in [-0.25, -0.2) is 25.1 Å². The van der Waals surface area contributed by atoms with Crippen LogP contribution in [0.5, 0.6) is 0 Å².